The van der Waals surface area contributed by atoms with Gasteiger partial charge in [0, 0.05) is 16.6 Å². The Morgan fingerprint density at radius 1 is 1.12 bits per heavy atom. The van der Waals surface area contributed by atoms with Crippen LogP contribution in [0.3, 0.4) is 0 Å². The summed E-state index contributed by atoms with van der Waals surface area (Å²) in [5, 5.41) is 1.22. The van der Waals surface area contributed by atoms with Gasteiger partial charge in [0.15, 0.2) is 6.61 Å². The number of fused-ring (bicyclic) bond motifs is 1. The van der Waals surface area contributed by atoms with E-state index in [1.807, 2.05) is 0 Å². The highest BCUT2D eigenvalue weighted by Gasteiger charge is 2.17. The summed E-state index contributed by atoms with van der Waals surface area (Å²) in [5.41, 5.74) is 3.02. The highest BCUT2D eigenvalue weighted by Crippen LogP contribution is 2.21. The van der Waals surface area contributed by atoms with E-state index in [0.29, 0.717) is 27.2 Å². The van der Waals surface area contributed by atoms with Gasteiger partial charge in [0.25, 0.3) is 11.8 Å². The van der Waals surface area contributed by atoms with E-state index in [1.165, 1.54) is 10.8 Å². The number of aromatic nitrogens is 1. The summed E-state index contributed by atoms with van der Waals surface area (Å²) in [6.45, 7) is -0.177. The van der Waals surface area contributed by atoms with Crippen LogP contribution in [-0.2, 0) is 0 Å². The molecule has 0 fully saturated rings. The third-order valence-corrected chi connectivity index (χ3v) is 3.78. The molecule has 6 nitrogen and oxygen atoms in total. The Balaban J connectivity index is 1.87. The van der Waals surface area contributed by atoms with E-state index in [2.05, 4.69) is 5.43 Å². The molecule has 0 atom stereocenters. The molecular formula is C17H14ClN3O3. The molecule has 1 aromatic heterocycles. The summed E-state index contributed by atoms with van der Waals surface area (Å²) < 4.78 is 6.85. The predicted molar refractivity (Wildman–Crippen MR) is 91.2 cm³/mol. The molecule has 0 spiro atoms. The van der Waals surface area contributed by atoms with Gasteiger partial charge >= 0.3 is 0 Å². The van der Waals surface area contributed by atoms with Gasteiger partial charge in [-0.2, -0.15) is 0 Å². The summed E-state index contributed by atoms with van der Waals surface area (Å²) in [4.78, 5) is 24.3. The number of nitrogens with two attached hydrogens (primary N) is 1. The number of hydrazine groups is 1. The molecule has 24 heavy (non-hydrogen) atoms. The average Bonchev–Trinajstić information content (AvgIpc) is 3.00. The second-order valence-electron chi connectivity index (χ2n) is 5.04. The number of benzene rings is 2. The van der Waals surface area contributed by atoms with E-state index in [-0.39, 0.29) is 12.5 Å². The summed E-state index contributed by atoms with van der Waals surface area (Å²) >= 11 is 5.81. The number of nitrogen functional groups attached to an aromatic ring is 1. The smallest absolute Gasteiger partial charge is 0.269 e. The first-order valence-corrected chi connectivity index (χ1v) is 7.50. The van der Waals surface area contributed by atoms with Crippen molar-refractivity contribution in [3.8, 4) is 5.75 Å². The van der Waals surface area contributed by atoms with Gasteiger partial charge in [-0.3, -0.25) is 19.6 Å². The molecule has 0 saturated carbocycles. The molecule has 0 aliphatic heterocycles. The quantitative estimate of drug-likeness (QED) is 0.433. The molecular weight excluding hydrogens is 330 g/mol. The molecule has 3 aromatic rings. The van der Waals surface area contributed by atoms with E-state index in [1.54, 1.807) is 48.5 Å². The molecule has 0 radical (unpaired) electrons. The van der Waals surface area contributed by atoms with Crippen LogP contribution in [0.2, 0.25) is 5.02 Å². The maximum Gasteiger partial charge on any atom is 0.269 e. The lowest BCUT2D eigenvalue weighted by Crippen LogP contribution is -2.29. The number of rotatable bonds is 4. The van der Waals surface area contributed by atoms with Crippen molar-refractivity contribution in [2.45, 2.75) is 0 Å². The van der Waals surface area contributed by atoms with Gasteiger partial charge in [0.05, 0.1) is 11.1 Å². The lowest BCUT2D eigenvalue weighted by Gasteiger charge is -2.07. The lowest BCUT2D eigenvalue weighted by molar-refractivity contribution is 0.0843. The molecule has 3 rings (SSSR count). The van der Waals surface area contributed by atoms with E-state index >= 15 is 0 Å². The van der Waals surface area contributed by atoms with Crippen molar-refractivity contribution in [2.24, 2.45) is 5.84 Å². The first kappa shape index (κ1) is 16.0. The van der Waals surface area contributed by atoms with Gasteiger partial charge in [-0.15, -0.1) is 0 Å². The highest BCUT2D eigenvalue weighted by atomic mass is 35.5. The largest absolute Gasteiger partial charge is 0.484 e. The zero-order valence-electron chi connectivity index (χ0n) is 12.5. The number of nitrogens with one attached hydrogen (secondary N) is 1. The first-order valence-electron chi connectivity index (χ1n) is 7.13. The van der Waals surface area contributed by atoms with E-state index < -0.39 is 5.91 Å². The van der Waals surface area contributed by atoms with Crippen molar-refractivity contribution in [1.29, 1.82) is 0 Å². The van der Waals surface area contributed by atoms with Crippen LogP contribution >= 0.6 is 11.6 Å². The lowest BCUT2D eigenvalue weighted by atomic mass is 10.2. The minimum atomic E-state index is -0.462. The van der Waals surface area contributed by atoms with Crippen LogP contribution < -0.4 is 16.0 Å². The van der Waals surface area contributed by atoms with Gasteiger partial charge in [-0.1, -0.05) is 29.8 Å². The number of para-hydroxylation sites is 1. The van der Waals surface area contributed by atoms with E-state index in [9.17, 15) is 9.59 Å². The molecule has 2 aromatic carbocycles. The van der Waals surface area contributed by atoms with Gasteiger partial charge in [0.2, 0.25) is 0 Å². The van der Waals surface area contributed by atoms with Gasteiger partial charge < -0.3 is 4.74 Å². The number of halogens is 1. The van der Waals surface area contributed by atoms with Crippen LogP contribution in [0.4, 0.5) is 0 Å². The number of nitrogens with zero attached hydrogens (tertiary/aromatic N) is 1. The summed E-state index contributed by atoms with van der Waals surface area (Å²) in [5.74, 6) is 4.96. The van der Waals surface area contributed by atoms with Gasteiger partial charge in [-0.05, 0) is 30.3 Å². The fourth-order valence-corrected chi connectivity index (χ4v) is 2.52. The minimum absolute atomic E-state index is 0.177. The summed E-state index contributed by atoms with van der Waals surface area (Å²) in [7, 11) is 0. The van der Waals surface area contributed by atoms with Crippen LogP contribution in [0.15, 0.2) is 54.7 Å². The molecule has 0 bridgehead atoms. The van der Waals surface area contributed by atoms with Crippen molar-refractivity contribution in [1.82, 2.24) is 9.99 Å². The molecule has 3 N–H and O–H groups in total. The van der Waals surface area contributed by atoms with Crippen molar-refractivity contribution >= 4 is 34.3 Å². The number of hydrogen-bond acceptors (Lipinski definition) is 4. The topological polar surface area (TPSA) is 86.4 Å². The molecule has 1 heterocycles. The Hall–Kier alpha value is -2.83. The standard InChI is InChI=1S/C17H14ClN3O3/c18-11-5-7-12(8-6-11)24-10-16(22)21-9-14(17(23)20-19)13-3-1-2-4-15(13)21/h1-9H,10,19H2,(H,20,23). The summed E-state index contributed by atoms with van der Waals surface area (Å²) in [6, 6.07) is 13.8. The molecule has 0 saturated heterocycles. The third kappa shape index (κ3) is 3.10. The van der Waals surface area contributed by atoms with Crippen molar-refractivity contribution < 1.29 is 14.3 Å². The Morgan fingerprint density at radius 3 is 2.54 bits per heavy atom. The van der Waals surface area contributed by atoms with Crippen LogP contribution in [0.1, 0.15) is 15.2 Å². The zero-order valence-corrected chi connectivity index (χ0v) is 13.3. The number of carbonyl (C=O) groups is 2. The molecule has 1 amide bonds. The highest BCUT2D eigenvalue weighted by molar-refractivity contribution is 6.30. The molecule has 0 aliphatic carbocycles. The van der Waals surface area contributed by atoms with Gasteiger partial charge in [0.1, 0.15) is 5.75 Å². The second kappa shape index (κ2) is 6.74. The average molecular weight is 344 g/mol. The van der Waals surface area contributed by atoms with E-state index in [0.717, 1.165) is 0 Å². The number of hydrogen-bond donors (Lipinski definition) is 2. The molecule has 0 unspecified atom stereocenters. The first-order chi connectivity index (χ1) is 11.6. The second-order valence-corrected chi connectivity index (χ2v) is 5.48. The Labute approximate surface area is 142 Å². The maximum absolute atomic E-state index is 12.5. The van der Waals surface area contributed by atoms with Crippen LogP contribution in [-0.4, -0.2) is 23.0 Å². The monoisotopic (exact) mass is 343 g/mol. The van der Waals surface area contributed by atoms with Crippen molar-refractivity contribution in [3.63, 3.8) is 0 Å². The SMILES string of the molecule is NNC(=O)c1cn(C(=O)COc2ccc(Cl)cc2)c2ccccc12. The predicted octanol–water partition coefficient (Wildman–Crippen LogP) is 2.62. The fraction of sp³-hybridized carbons (Fsp3) is 0.0588. The Bertz CT molecular complexity index is 903. The summed E-state index contributed by atoms with van der Waals surface area (Å²) in [6.07, 6.45) is 1.46. The number of amides is 1. The number of carbonyl (C=O) groups excluding carboxylic acids is 2. The third-order valence-electron chi connectivity index (χ3n) is 3.53. The Kier molecular flexibility index (Phi) is 4.50. The van der Waals surface area contributed by atoms with Crippen molar-refractivity contribution in [2.75, 3.05) is 6.61 Å². The van der Waals surface area contributed by atoms with Crippen molar-refractivity contribution in [3.05, 3.63) is 65.3 Å². The van der Waals surface area contributed by atoms with E-state index in [4.69, 9.17) is 22.2 Å². The molecule has 122 valence electrons. The Morgan fingerprint density at radius 2 is 1.83 bits per heavy atom. The van der Waals surface area contributed by atoms with Gasteiger partial charge in [-0.25, -0.2) is 5.84 Å². The van der Waals surface area contributed by atoms with Crippen LogP contribution in [0.5, 0.6) is 5.75 Å². The maximum atomic E-state index is 12.5. The molecule has 0 aliphatic rings. The number of ether oxygens (including phenoxy) is 1. The minimum Gasteiger partial charge on any atom is -0.484 e. The normalized spacial score (nSPS) is 10.6. The van der Waals surface area contributed by atoms with Crippen LogP contribution in [0.25, 0.3) is 10.9 Å². The fourth-order valence-electron chi connectivity index (χ4n) is 2.39. The zero-order chi connectivity index (χ0) is 17.1. The molecule has 7 heteroatoms. The van der Waals surface area contributed by atoms with Crippen LogP contribution in [0, 0.1) is 0 Å².